The number of piperazine rings is 1. The van der Waals surface area contributed by atoms with Crippen molar-refractivity contribution in [1.29, 1.82) is 0 Å². The molecule has 1 N–H and O–H groups in total. The third-order valence-electron chi connectivity index (χ3n) is 5.93. The Kier molecular flexibility index (Phi) is 9.88. The Hall–Kier alpha value is -2.02. The minimum Gasteiger partial charge on any atom is -0.496 e. The number of amides is 1. The van der Waals surface area contributed by atoms with Gasteiger partial charge in [-0.1, -0.05) is 31.0 Å². The van der Waals surface area contributed by atoms with Gasteiger partial charge < -0.3 is 19.9 Å². The molecule has 4 rings (SSSR count). The van der Waals surface area contributed by atoms with Crippen molar-refractivity contribution in [2.75, 3.05) is 44.7 Å². The molecule has 0 bridgehead atoms. The Morgan fingerprint density at radius 2 is 1.77 bits per heavy atom. The molecule has 0 radical (unpaired) electrons. The van der Waals surface area contributed by atoms with Crippen LogP contribution >= 0.6 is 24.8 Å². The summed E-state index contributed by atoms with van der Waals surface area (Å²) in [6.45, 7) is 4.26. The number of hydrogen-bond donors (Lipinski definition) is 1. The Bertz CT molecular complexity index is 827. The fourth-order valence-corrected chi connectivity index (χ4v) is 4.33. The summed E-state index contributed by atoms with van der Waals surface area (Å²) >= 11 is 0. The van der Waals surface area contributed by atoms with Crippen LogP contribution in [0.1, 0.15) is 47.6 Å². The minimum absolute atomic E-state index is 0. The number of methoxy groups -OCH3 is 1. The Labute approximate surface area is 197 Å². The molecule has 170 valence electrons. The number of rotatable bonds is 4. The summed E-state index contributed by atoms with van der Waals surface area (Å²) in [5.41, 5.74) is 1.68. The van der Waals surface area contributed by atoms with Crippen molar-refractivity contribution in [1.82, 2.24) is 15.2 Å². The number of nitrogens with zero attached hydrogens (tertiary/aromatic N) is 3. The van der Waals surface area contributed by atoms with E-state index < -0.39 is 0 Å². The van der Waals surface area contributed by atoms with E-state index in [1.165, 1.54) is 25.7 Å². The quantitative estimate of drug-likeness (QED) is 0.734. The standard InChI is InChI=1S/C23H30N4O2.2ClH/c1-29-21-9-5-4-8-19(21)20-17-24-12-15-27(20)23(28)18-10-11-22(25-16-18)26-13-6-2-3-7-14-26;;/h4-5,8-11,16,20,24H,2-3,6-7,12-15,17H2,1H3;2*1H. The SMILES string of the molecule is COc1ccccc1C1CNCCN1C(=O)c1ccc(N2CCCCCC2)nc1.Cl.Cl. The van der Waals surface area contributed by atoms with Crippen LogP contribution in [-0.2, 0) is 0 Å². The van der Waals surface area contributed by atoms with Crippen molar-refractivity contribution in [3.63, 3.8) is 0 Å². The summed E-state index contributed by atoms with van der Waals surface area (Å²) < 4.78 is 5.54. The molecule has 8 heteroatoms. The average molecular weight is 467 g/mol. The van der Waals surface area contributed by atoms with Crippen molar-refractivity contribution >= 4 is 36.5 Å². The zero-order chi connectivity index (χ0) is 20.1. The monoisotopic (exact) mass is 466 g/mol. The van der Waals surface area contributed by atoms with E-state index in [0.29, 0.717) is 18.7 Å². The van der Waals surface area contributed by atoms with Crippen LogP contribution in [-0.4, -0.2) is 55.6 Å². The highest BCUT2D eigenvalue weighted by Crippen LogP contribution is 2.31. The van der Waals surface area contributed by atoms with Gasteiger partial charge in [0.2, 0.25) is 0 Å². The first kappa shape index (κ1) is 25.2. The van der Waals surface area contributed by atoms with Crippen molar-refractivity contribution in [3.8, 4) is 5.75 Å². The van der Waals surface area contributed by atoms with Crippen molar-refractivity contribution in [2.45, 2.75) is 31.7 Å². The number of hydrogen-bond acceptors (Lipinski definition) is 5. The maximum atomic E-state index is 13.3. The maximum absolute atomic E-state index is 13.3. The number of benzene rings is 1. The number of para-hydroxylation sites is 1. The summed E-state index contributed by atoms with van der Waals surface area (Å²) in [5, 5.41) is 3.41. The molecular formula is C23H32Cl2N4O2. The zero-order valence-corrected chi connectivity index (χ0v) is 19.6. The maximum Gasteiger partial charge on any atom is 0.256 e. The molecule has 0 aliphatic carbocycles. The molecule has 0 spiro atoms. The second-order valence-electron chi connectivity index (χ2n) is 7.77. The fourth-order valence-electron chi connectivity index (χ4n) is 4.33. The number of aromatic nitrogens is 1. The first-order valence-electron chi connectivity index (χ1n) is 10.6. The molecule has 2 fully saturated rings. The number of anilines is 1. The Balaban J connectivity index is 0.00000171. The van der Waals surface area contributed by atoms with E-state index >= 15 is 0 Å². The molecule has 2 aliphatic heterocycles. The van der Waals surface area contributed by atoms with Gasteiger partial charge in [-0.3, -0.25) is 4.79 Å². The lowest BCUT2D eigenvalue weighted by atomic mass is 10.0. The van der Waals surface area contributed by atoms with Crippen LogP contribution in [0.3, 0.4) is 0 Å². The van der Waals surface area contributed by atoms with E-state index in [4.69, 9.17) is 4.74 Å². The molecular weight excluding hydrogens is 435 g/mol. The van der Waals surface area contributed by atoms with Crippen LogP contribution in [0.15, 0.2) is 42.6 Å². The first-order valence-corrected chi connectivity index (χ1v) is 10.6. The largest absolute Gasteiger partial charge is 0.496 e. The van der Waals surface area contributed by atoms with E-state index in [2.05, 4.69) is 15.2 Å². The molecule has 31 heavy (non-hydrogen) atoms. The van der Waals surface area contributed by atoms with Crippen LogP contribution in [0.5, 0.6) is 5.75 Å². The normalized spacial score (nSPS) is 18.9. The molecule has 1 atom stereocenters. The van der Waals surface area contributed by atoms with Gasteiger partial charge in [0.1, 0.15) is 11.6 Å². The van der Waals surface area contributed by atoms with Crippen LogP contribution in [0, 0.1) is 0 Å². The molecule has 0 saturated carbocycles. The Morgan fingerprint density at radius 3 is 2.45 bits per heavy atom. The van der Waals surface area contributed by atoms with Crippen LogP contribution in [0.4, 0.5) is 5.82 Å². The van der Waals surface area contributed by atoms with Crippen LogP contribution < -0.4 is 15.0 Å². The van der Waals surface area contributed by atoms with Gasteiger partial charge in [-0.15, -0.1) is 24.8 Å². The predicted molar refractivity (Wildman–Crippen MR) is 129 cm³/mol. The average Bonchev–Trinajstić information content (AvgIpc) is 3.08. The summed E-state index contributed by atoms with van der Waals surface area (Å²) in [4.78, 5) is 22.2. The number of pyridine rings is 1. The van der Waals surface area contributed by atoms with Gasteiger partial charge in [0.15, 0.2) is 0 Å². The molecule has 2 aliphatic rings. The lowest BCUT2D eigenvalue weighted by Gasteiger charge is -2.37. The van der Waals surface area contributed by atoms with E-state index in [9.17, 15) is 4.79 Å². The molecule has 2 aromatic rings. The Morgan fingerprint density at radius 1 is 1.03 bits per heavy atom. The van der Waals surface area contributed by atoms with E-state index in [1.807, 2.05) is 41.3 Å². The fraction of sp³-hybridized carbons (Fsp3) is 0.478. The summed E-state index contributed by atoms with van der Waals surface area (Å²) in [6, 6.07) is 11.8. The van der Waals surface area contributed by atoms with Crippen molar-refractivity contribution < 1.29 is 9.53 Å². The van der Waals surface area contributed by atoms with Gasteiger partial charge in [-0.25, -0.2) is 4.98 Å². The summed E-state index contributed by atoms with van der Waals surface area (Å²) in [6.07, 6.45) is 6.75. The van der Waals surface area contributed by atoms with Crippen molar-refractivity contribution in [3.05, 3.63) is 53.7 Å². The van der Waals surface area contributed by atoms with Gasteiger partial charge in [-0.2, -0.15) is 0 Å². The smallest absolute Gasteiger partial charge is 0.256 e. The molecule has 1 aromatic carbocycles. The predicted octanol–water partition coefficient (Wildman–Crippen LogP) is 4.10. The second kappa shape index (κ2) is 12.1. The molecule has 2 saturated heterocycles. The third kappa shape index (κ3) is 5.82. The zero-order valence-electron chi connectivity index (χ0n) is 18.0. The molecule has 1 aromatic heterocycles. The molecule has 3 heterocycles. The van der Waals surface area contributed by atoms with E-state index in [-0.39, 0.29) is 36.8 Å². The van der Waals surface area contributed by atoms with Gasteiger partial charge in [0, 0.05) is 44.5 Å². The minimum atomic E-state index is -0.0577. The third-order valence-corrected chi connectivity index (χ3v) is 5.93. The van der Waals surface area contributed by atoms with Gasteiger partial charge in [0.05, 0.1) is 18.7 Å². The van der Waals surface area contributed by atoms with Gasteiger partial charge in [0.25, 0.3) is 5.91 Å². The lowest BCUT2D eigenvalue weighted by Crippen LogP contribution is -2.48. The number of nitrogens with one attached hydrogen (secondary N) is 1. The van der Waals surface area contributed by atoms with Crippen LogP contribution in [0.25, 0.3) is 0 Å². The van der Waals surface area contributed by atoms with Gasteiger partial charge >= 0.3 is 0 Å². The van der Waals surface area contributed by atoms with Crippen LogP contribution in [0.2, 0.25) is 0 Å². The van der Waals surface area contributed by atoms with E-state index in [0.717, 1.165) is 36.8 Å². The topological polar surface area (TPSA) is 57.7 Å². The highest BCUT2D eigenvalue weighted by atomic mass is 35.5. The number of halogens is 2. The highest BCUT2D eigenvalue weighted by molar-refractivity contribution is 5.94. The molecule has 1 unspecified atom stereocenters. The van der Waals surface area contributed by atoms with E-state index in [1.54, 1.807) is 13.3 Å². The first-order chi connectivity index (χ1) is 14.3. The lowest BCUT2D eigenvalue weighted by molar-refractivity contribution is 0.0631. The number of ether oxygens (including phenoxy) is 1. The summed E-state index contributed by atoms with van der Waals surface area (Å²) in [7, 11) is 1.67. The number of carbonyl (C=O) groups excluding carboxylic acids is 1. The summed E-state index contributed by atoms with van der Waals surface area (Å²) in [5.74, 6) is 1.82. The number of carbonyl (C=O) groups is 1. The molecule has 1 amide bonds. The second-order valence-corrected chi connectivity index (χ2v) is 7.77. The van der Waals surface area contributed by atoms with Gasteiger partial charge in [-0.05, 0) is 31.0 Å². The molecule has 6 nitrogen and oxygen atoms in total. The highest BCUT2D eigenvalue weighted by Gasteiger charge is 2.30. The van der Waals surface area contributed by atoms with Crippen molar-refractivity contribution in [2.24, 2.45) is 0 Å².